The van der Waals surface area contributed by atoms with Crippen molar-refractivity contribution in [3.8, 4) is 0 Å². The fraction of sp³-hybridized carbons (Fsp3) is 0.250. The molecule has 0 saturated heterocycles. The molecule has 5 nitrogen and oxygen atoms in total. The van der Waals surface area contributed by atoms with Crippen LogP contribution in [-0.4, -0.2) is 30.8 Å². The summed E-state index contributed by atoms with van der Waals surface area (Å²) >= 11 is 6.35. The molecule has 0 bridgehead atoms. The highest BCUT2D eigenvalue weighted by Crippen LogP contribution is 2.30. The molecule has 0 saturated carbocycles. The average molecular weight is 495 g/mol. The first-order valence-corrected chi connectivity index (χ1v) is 10.9. The third-order valence-electron chi connectivity index (χ3n) is 4.67. The SMILES string of the molecule is Cc1c(Cc2ccc(S(C)(=O)=O)cc2Cl)c2ncccc2n1C/C(F)=C/CN.Cl.Cl. The highest BCUT2D eigenvalue weighted by atomic mass is 35.5. The Hall–Kier alpha value is -1.64. The molecule has 164 valence electrons. The Morgan fingerprint density at radius 1 is 1.30 bits per heavy atom. The van der Waals surface area contributed by atoms with Gasteiger partial charge in [-0.1, -0.05) is 17.7 Å². The Morgan fingerprint density at radius 3 is 2.60 bits per heavy atom. The Kier molecular flexibility index (Phi) is 9.32. The van der Waals surface area contributed by atoms with Gasteiger partial charge < -0.3 is 10.3 Å². The van der Waals surface area contributed by atoms with Crippen molar-refractivity contribution in [2.45, 2.75) is 24.8 Å². The number of hydrogen-bond acceptors (Lipinski definition) is 4. The maximum atomic E-state index is 14.1. The van der Waals surface area contributed by atoms with Gasteiger partial charge in [-0.25, -0.2) is 12.8 Å². The lowest BCUT2D eigenvalue weighted by atomic mass is 10.0. The number of sulfone groups is 1. The molecule has 2 N–H and O–H groups in total. The van der Waals surface area contributed by atoms with Gasteiger partial charge >= 0.3 is 0 Å². The zero-order chi connectivity index (χ0) is 20.5. The number of fused-ring (bicyclic) bond motifs is 1. The summed E-state index contributed by atoms with van der Waals surface area (Å²) in [6.45, 7) is 2.12. The van der Waals surface area contributed by atoms with Crippen LogP contribution < -0.4 is 5.73 Å². The smallest absolute Gasteiger partial charge is 0.175 e. The number of nitrogens with zero attached hydrogens (tertiary/aromatic N) is 2. The van der Waals surface area contributed by atoms with Crippen LogP contribution in [0.15, 0.2) is 53.3 Å². The molecule has 3 aromatic rings. The van der Waals surface area contributed by atoms with E-state index >= 15 is 0 Å². The Balaban J connectivity index is 0.00000225. The highest BCUT2D eigenvalue weighted by Gasteiger charge is 2.18. The number of benzene rings is 1. The molecule has 2 aromatic heterocycles. The van der Waals surface area contributed by atoms with Crippen LogP contribution in [0.1, 0.15) is 16.8 Å². The van der Waals surface area contributed by atoms with Gasteiger partial charge in [-0.2, -0.15) is 0 Å². The first-order valence-electron chi connectivity index (χ1n) is 8.68. The molecular formula is C20H23Cl3FN3O2S. The molecular weight excluding hydrogens is 472 g/mol. The maximum Gasteiger partial charge on any atom is 0.175 e. The predicted molar refractivity (Wildman–Crippen MR) is 125 cm³/mol. The van der Waals surface area contributed by atoms with Crippen LogP contribution in [0.2, 0.25) is 5.02 Å². The van der Waals surface area contributed by atoms with E-state index in [9.17, 15) is 12.8 Å². The number of pyridine rings is 1. The van der Waals surface area contributed by atoms with Crippen LogP contribution in [0.25, 0.3) is 11.0 Å². The molecule has 3 rings (SSSR count). The molecule has 0 fully saturated rings. The van der Waals surface area contributed by atoms with Gasteiger partial charge in [0.1, 0.15) is 5.83 Å². The first kappa shape index (κ1) is 26.4. The minimum absolute atomic E-state index is 0. The van der Waals surface area contributed by atoms with Gasteiger partial charge in [0.05, 0.1) is 22.5 Å². The van der Waals surface area contributed by atoms with E-state index in [2.05, 4.69) is 4.98 Å². The van der Waals surface area contributed by atoms with Crippen LogP contribution >= 0.6 is 36.4 Å². The third-order valence-corrected chi connectivity index (χ3v) is 6.14. The van der Waals surface area contributed by atoms with Crippen LogP contribution in [-0.2, 0) is 22.8 Å². The van der Waals surface area contributed by atoms with Crippen molar-refractivity contribution < 1.29 is 12.8 Å². The lowest BCUT2D eigenvalue weighted by Crippen LogP contribution is -2.04. The van der Waals surface area contributed by atoms with Gasteiger partial charge in [0.25, 0.3) is 0 Å². The van der Waals surface area contributed by atoms with E-state index < -0.39 is 9.84 Å². The van der Waals surface area contributed by atoms with Gasteiger partial charge in [-0.05, 0) is 42.8 Å². The molecule has 0 aliphatic rings. The second kappa shape index (κ2) is 10.6. The second-order valence-corrected chi connectivity index (χ2v) is 9.03. The minimum Gasteiger partial charge on any atom is -0.336 e. The molecule has 0 aliphatic heterocycles. The Bertz CT molecular complexity index is 1180. The van der Waals surface area contributed by atoms with E-state index in [-0.39, 0.29) is 48.6 Å². The van der Waals surface area contributed by atoms with E-state index in [0.717, 1.165) is 34.1 Å². The molecule has 0 amide bonds. The van der Waals surface area contributed by atoms with Crippen LogP contribution in [0, 0.1) is 6.92 Å². The van der Waals surface area contributed by atoms with E-state index in [1.54, 1.807) is 24.4 Å². The van der Waals surface area contributed by atoms with Crippen molar-refractivity contribution in [3.05, 3.63) is 70.3 Å². The van der Waals surface area contributed by atoms with Gasteiger partial charge in [0, 0.05) is 41.7 Å². The summed E-state index contributed by atoms with van der Waals surface area (Å²) in [7, 11) is -3.33. The molecule has 30 heavy (non-hydrogen) atoms. The van der Waals surface area contributed by atoms with Crippen molar-refractivity contribution in [1.82, 2.24) is 9.55 Å². The zero-order valence-electron chi connectivity index (χ0n) is 16.4. The number of aromatic nitrogens is 2. The predicted octanol–water partition coefficient (Wildman–Crippen LogP) is 4.65. The molecule has 0 atom stereocenters. The van der Waals surface area contributed by atoms with Crippen molar-refractivity contribution in [2.24, 2.45) is 5.73 Å². The van der Waals surface area contributed by atoms with Crippen molar-refractivity contribution in [2.75, 3.05) is 12.8 Å². The van der Waals surface area contributed by atoms with Crippen molar-refractivity contribution in [1.29, 1.82) is 0 Å². The minimum atomic E-state index is -3.33. The molecule has 1 aromatic carbocycles. The van der Waals surface area contributed by atoms with Gasteiger partial charge in [0.2, 0.25) is 0 Å². The fourth-order valence-electron chi connectivity index (χ4n) is 3.21. The Morgan fingerprint density at radius 2 is 2.00 bits per heavy atom. The first-order chi connectivity index (χ1) is 13.2. The molecule has 0 spiro atoms. The number of nitrogens with two attached hydrogens (primary N) is 1. The average Bonchev–Trinajstić information content (AvgIpc) is 2.88. The largest absolute Gasteiger partial charge is 0.336 e. The van der Waals surface area contributed by atoms with E-state index in [4.69, 9.17) is 17.3 Å². The maximum absolute atomic E-state index is 14.1. The summed E-state index contributed by atoms with van der Waals surface area (Å²) in [6, 6.07) is 8.41. The quantitative estimate of drug-likeness (QED) is 0.541. The molecule has 0 radical (unpaired) electrons. The topological polar surface area (TPSA) is 78.0 Å². The summed E-state index contributed by atoms with van der Waals surface area (Å²) in [5, 5.41) is 0.369. The van der Waals surface area contributed by atoms with Crippen LogP contribution in [0.3, 0.4) is 0 Å². The summed E-state index contributed by atoms with van der Waals surface area (Å²) < 4.78 is 39.4. The molecule has 0 aliphatic carbocycles. The molecule has 10 heteroatoms. The van der Waals surface area contributed by atoms with Gasteiger partial charge in [0.15, 0.2) is 9.84 Å². The van der Waals surface area contributed by atoms with E-state index in [1.807, 2.05) is 17.6 Å². The van der Waals surface area contributed by atoms with Crippen LogP contribution in [0.4, 0.5) is 4.39 Å². The standard InChI is InChI=1S/C20H21ClFN3O2S.2ClH/c1-13-17(10-14-5-6-16(11-18(14)21)28(2,26)27)20-19(4-3-9-24-20)25(13)12-15(22)7-8-23;;/h3-7,9,11H,8,10,12,23H2,1-2H3;2*1H/b15-7-;;. The Labute approximate surface area is 192 Å². The number of rotatable bonds is 6. The van der Waals surface area contributed by atoms with Crippen molar-refractivity contribution in [3.63, 3.8) is 0 Å². The molecule has 0 unspecified atom stereocenters. The lowest BCUT2D eigenvalue weighted by Gasteiger charge is -2.09. The summed E-state index contributed by atoms with van der Waals surface area (Å²) in [5.74, 6) is -0.312. The van der Waals surface area contributed by atoms with Gasteiger partial charge in [-0.15, -0.1) is 24.8 Å². The monoisotopic (exact) mass is 493 g/mol. The number of hydrogen-bond donors (Lipinski definition) is 1. The van der Waals surface area contributed by atoms with Crippen LogP contribution in [0.5, 0.6) is 0 Å². The normalized spacial score (nSPS) is 11.8. The fourth-order valence-corrected chi connectivity index (χ4v) is 4.17. The van der Waals surface area contributed by atoms with E-state index in [0.29, 0.717) is 11.4 Å². The summed E-state index contributed by atoms with van der Waals surface area (Å²) in [4.78, 5) is 4.65. The third kappa shape index (κ3) is 5.53. The summed E-state index contributed by atoms with van der Waals surface area (Å²) in [6.07, 6.45) is 4.64. The van der Waals surface area contributed by atoms with E-state index in [1.165, 1.54) is 12.1 Å². The highest BCUT2D eigenvalue weighted by molar-refractivity contribution is 7.90. The number of allylic oxidation sites excluding steroid dienone is 1. The number of halogens is 4. The second-order valence-electron chi connectivity index (χ2n) is 6.61. The molecule has 2 heterocycles. The zero-order valence-corrected chi connectivity index (χ0v) is 19.6. The van der Waals surface area contributed by atoms with Crippen molar-refractivity contribution >= 4 is 57.3 Å². The lowest BCUT2D eigenvalue weighted by molar-refractivity contribution is 0.554. The summed E-state index contributed by atoms with van der Waals surface area (Å²) in [5.41, 5.74) is 9.56. The van der Waals surface area contributed by atoms with Gasteiger partial charge in [-0.3, -0.25) is 4.98 Å².